The molecular formula is C24H40N4NbO4S2. The second kappa shape index (κ2) is 18.0. The summed E-state index contributed by atoms with van der Waals surface area (Å²) < 4.78 is 2.99. The van der Waals surface area contributed by atoms with Gasteiger partial charge in [0.1, 0.15) is 0 Å². The molecule has 0 saturated carbocycles. The van der Waals surface area contributed by atoms with E-state index in [1.165, 1.54) is 39.3 Å². The molecule has 0 unspecified atom stereocenters. The zero-order valence-electron chi connectivity index (χ0n) is 21.5. The molecule has 0 rings (SSSR count). The van der Waals surface area contributed by atoms with Gasteiger partial charge in [0.15, 0.2) is 0 Å². The van der Waals surface area contributed by atoms with Gasteiger partial charge in [0.2, 0.25) is 0 Å². The van der Waals surface area contributed by atoms with Gasteiger partial charge >= 0.3 is 232 Å². The first kappa shape index (κ1) is 33.7. The van der Waals surface area contributed by atoms with Crippen LogP contribution in [-0.2, 0) is 39.8 Å². The fourth-order valence-electron chi connectivity index (χ4n) is 3.06. The average Bonchev–Trinajstić information content (AvgIpc) is 2.76. The molecule has 0 fully saturated rings. The minimum atomic E-state index is -0.693. The summed E-state index contributed by atoms with van der Waals surface area (Å²) in [6.45, 7) is 15.8. The van der Waals surface area contributed by atoms with E-state index >= 15 is 0 Å². The van der Waals surface area contributed by atoms with E-state index in [0.29, 0.717) is 17.4 Å². The molecule has 0 aliphatic carbocycles. The fraction of sp³-hybridized carbons (Fsp3) is 0.667. The fourth-order valence-corrected chi connectivity index (χ4v) is 4.89. The van der Waals surface area contributed by atoms with Crippen molar-refractivity contribution in [3.63, 3.8) is 0 Å². The summed E-state index contributed by atoms with van der Waals surface area (Å²) >= 11 is 7.04. The first-order chi connectivity index (χ1) is 16.3. The van der Waals surface area contributed by atoms with Crippen molar-refractivity contribution in [2.45, 2.75) is 65.4 Å². The number of nitrogens with one attached hydrogen (secondary N) is 4. The molecule has 4 N–H and O–H groups in total. The van der Waals surface area contributed by atoms with Gasteiger partial charge in [-0.25, -0.2) is 0 Å². The van der Waals surface area contributed by atoms with Gasteiger partial charge in [-0.15, -0.1) is 0 Å². The van der Waals surface area contributed by atoms with Crippen molar-refractivity contribution in [3.05, 3.63) is 18.0 Å². The molecule has 0 heterocycles. The number of allylic oxidation sites excluding steroid dienone is 1. The van der Waals surface area contributed by atoms with E-state index in [0.717, 1.165) is 18.4 Å². The zero-order chi connectivity index (χ0) is 27.1. The van der Waals surface area contributed by atoms with Gasteiger partial charge in [-0.2, -0.15) is 0 Å². The number of thiol groups is 1. The van der Waals surface area contributed by atoms with Crippen LogP contribution < -0.4 is 21.3 Å². The van der Waals surface area contributed by atoms with Crippen molar-refractivity contribution < 1.29 is 39.8 Å². The number of ketones is 1. The van der Waals surface area contributed by atoms with Crippen LogP contribution in [0.1, 0.15) is 48.0 Å². The monoisotopic (exact) mass is 605 g/mol. The molecule has 0 bridgehead atoms. The summed E-state index contributed by atoms with van der Waals surface area (Å²) in [4.78, 5) is 47.3. The van der Waals surface area contributed by atoms with Gasteiger partial charge in [0, 0.05) is 0 Å². The molecule has 0 saturated heterocycles. The number of hydrogen-bond acceptors (Lipinski definition) is 8. The molecule has 0 aliphatic rings. The van der Waals surface area contributed by atoms with Crippen LogP contribution in [0.4, 0.5) is 0 Å². The Hall–Kier alpha value is -1.29. The van der Waals surface area contributed by atoms with Crippen molar-refractivity contribution in [1.29, 1.82) is 0 Å². The molecule has 197 valence electrons. The Balaban J connectivity index is 4.95. The van der Waals surface area contributed by atoms with Gasteiger partial charge in [-0.1, -0.05) is 0 Å². The van der Waals surface area contributed by atoms with Crippen molar-refractivity contribution >= 4 is 52.2 Å². The first-order valence-electron chi connectivity index (χ1n) is 11.6. The Kier molecular flexibility index (Phi) is 17.4. The molecule has 0 aliphatic heterocycles. The van der Waals surface area contributed by atoms with Crippen LogP contribution in [-0.4, -0.2) is 63.3 Å². The van der Waals surface area contributed by atoms with E-state index in [-0.39, 0.29) is 41.7 Å². The predicted molar refractivity (Wildman–Crippen MR) is 143 cm³/mol. The number of Topliss-reactive ketones (excluding diaryl/α,β-unsaturated/α-hetero) is 1. The Morgan fingerprint density at radius 2 is 1.74 bits per heavy atom. The number of aldehydes is 1. The Morgan fingerprint density at radius 3 is 2.23 bits per heavy atom. The third-order valence-electron chi connectivity index (χ3n) is 4.95. The molecule has 0 radical (unpaired) electrons. The van der Waals surface area contributed by atoms with E-state index in [9.17, 15) is 19.2 Å². The van der Waals surface area contributed by atoms with E-state index in [1.54, 1.807) is 0 Å². The van der Waals surface area contributed by atoms with Crippen molar-refractivity contribution in [2.75, 3.05) is 18.1 Å². The minimum absolute atomic E-state index is 0.00859. The molecule has 4 atom stereocenters. The van der Waals surface area contributed by atoms with Crippen molar-refractivity contribution in [2.24, 2.45) is 17.8 Å². The molecule has 2 amide bonds. The first-order valence-corrected chi connectivity index (χ1v) is 14.4. The van der Waals surface area contributed by atoms with E-state index in [2.05, 4.69) is 65.1 Å². The summed E-state index contributed by atoms with van der Waals surface area (Å²) in [7, 11) is 0. The van der Waals surface area contributed by atoms with E-state index in [4.69, 9.17) is 0 Å². The van der Waals surface area contributed by atoms with Crippen molar-refractivity contribution in [3.8, 4) is 0 Å². The number of hydrogen-bond donors (Lipinski definition) is 5. The quantitative estimate of drug-likeness (QED) is 0.0698. The predicted octanol–water partition coefficient (Wildman–Crippen LogP) is 1.60. The number of rotatable bonds is 18. The standard InChI is InChI=1S/C24H40N4O4S2.Nb/c1-14(2)9-16(5)18(7)27-22(15(3)4)23(32)28-24(33)19(8)26-20(11-29)12-34-13-21(31)25-10-17(6)30;/h11,14-16,20,22,24,26-27,33H,7,9-10,12-13H2,1-6H3,(H,25,31)(H,28,32);/t16-,20+,22-,24-;/m0./s1. The number of thioether (sulfide) groups is 1. The van der Waals surface area contributed by atoms with Crippen LogP contribution >= 0.6 is 24.4 Å². The molecule has 35 heavy (non-hydrogen) atoms. The summed E-state index contributed by atoms with van der Waals surface area (Å²) in [5.41, 5.74) is 1.30. The average molecular weight is 606 g/mol. The molecule has 0 aromatic carbocycles. The van der Waals surface area contributed by atoms with Gasteiger partial charge in [0.25, 0.3) is 0 Å². The topological polar surface area (TPSA) is 116 Å². The van der Waals surface area contributed by atoms with Gasteiger partial charge in [0.05, 0.1) is 0 Å². The Labute approximate surface area is 231 Å². The van der Waals surface area contributed by atoms with Crippen LogP contribution in [0.15, 0.2) is 18.0 Å². The summed E-state index contributed by atoms with van der Waals surface area (Å²) in [5.74, 6) is 0.595. The third-order valence-corrected chi connectivity index (χ3v) is 6.99. The summed E-state index contributed by atoms with van der Waals surface area (Å²) in [6, 6.07) is -1.08. The van der Waals surface area contributed by atoms with E-state index in [1.807, 2.05) is 13.8 Å². The summed E-state index contributed by atoms with van der Waals surface area (Å²) in [5, 5.41) is 11.0. The molecule has 0 aromatic heterocycles. The second-order valence-electron chi connectivity index (χ2n) is 9.24. The van der Waals surface area contributed by atoms with Crippen LogP contribution in [0.3, 0.4) is 0 Å². The third kappa shape index (κ3) is 14.8. The Bertz CT molecular complexity index is 800. The Morgan fingerprint density at radius 1 is 1.11 bits per heavy atom. The SMILES string of the molecule is C=C(N[C@H](C(=O)N[C@@H](S)C(=[C]=[Nb])N[C@H](C=O)CSCC(=O)NCC(C)=O)C(C)C)[C@@H](C)CC(C)C. The zero-order valence-corrected chi connectivity index (χ0v) is 25.4. The molecule has 8 nitrogen and oxygen atoms in total. The number of amides is 2. The molecule has 0 aromatic rings. The van der Waals surface area contributed by atoms with Gasteiger partial charge in [-0.3, -0.25) is 0 Å². The van der Waals surface area contributed by atoms with Crippen molar-refractivity contribution in [1.82, 2.24) is 21.3 Å². The molecular weight excluding hydrogens is 565 g/mol. The molecule has 11 heteroatoms. The van der Waals surface area contributed by atoms with E-state index < -0.39 is 17.5 Å². The van der Waals surface area contributed by atoms with Crippen LogP contribution in [0.5, 0.6) is 0 Å². The number of carbonyl (C=O) groups is 4. The normalized spacial score (nSPS) is 14.2. The summed E-state index contributed by atoms with van der Waals surface area (Å²) in [6.07, 6.45) is 1.71. The van der Waals surface area contributed by atoms with Gasteiger partial charge < -0.3 is 0 Å². The maximum atomic E-state index is 13.0. The van der Waals surface area contributed by atoms with Crippen LogP contribution in [0, 0.1) is 17.8 Å². The van der Waals surface area contributed by atoms with Crippen LogP contribution in [0.25, 0.3) is 0 Å². The molecule has 0 spiro atoms. The maximum absolute atomic E-state index is 13.0. The number of carbonyl (C=O) groups excluding carboxylic acids is 4. The second-order valence-corrected chi connectivity index (χ2v) is 11.3. The van der Waals surface area contributed by atoms with Crippen LogP contribution in [0.2, 0.25) is 0 Å². The van der Waals surface area contributed by atoms with Gasteiger partial charge in [-0.05, 0) is 0 Å².